The van der Waals surface area contributed by atoms with Gasteiger partial charge in [-0.3, -0.25) is 4.79 Å². The number of nitrogens with zero attached hydrogens (tertiary/aromatic N) is 2. The summed E-state index contributed by atoms with van der Waals surface area (Å²) in [7, 11) is 5.34. The Morgan fingerprint density at radius 2 is 1.95 bits per heavy atom. The summed E-state index contributed by atoms with van der Waals surface area (Å²) in [6.45, 7) is 3.22. The van der Waals surface area contributed by atoms with Crippen molar-refractivity contribution in [3.05, 3.63) is 63.3 Å². The Bertz CT molecular complexity index is 1280. The van der Waals surface area contributed by atoms with Crippen molar-refractivity contribution in [1.29, 1.82) is 0 Å². The lowest BCUT2D eigenvalue weighted by Gasteiger charge is -2.28. The molecule has 3 N–H and O–H groups in total. The summed E-state index contributed by atoms with van der Waals surface area (Å²) >= 11 is 3.51. The summed E-state index contributed by atoms with van der Waals surface area (Å²) in [6, 6.07) is 9.41. The highest BCUT2D eigenvalue weighted by molar-refractivity contribution is 9.10. The first-order chi connectivity index (χ1) is 18.1. The third-order valence-corrected chi connectivity index (χ3v) is 6.14. The molecule has 0 unspecified atom stereocenters. The second-order valence-corrected chi connectivity index (χ2v) is 9.24. The number of nitrogens with one attached hydrogen (secondary N) is 3. The molecule has 1 atom stereocenters. The van der Waals surface area contributed by atoms with Crippen LogP contribution in [0.5, 0.6) is 11.5 Å². The van der Waals surface area contributed by atoms with Gasteiger partial charge in [-0.2, -0.15) is 5.10 Å². The van der Waals surface area contributed by atoms with Crippen LogP contribution in [-0.2, 0) is 14.3 Å². The molecule has 0 aromatic heterocycles. The van der Waals surface area contributed by atoms with E-state index in [0.29, 0.717) is 22.8 Å². The number of urea groups is 1. The zero-order chi connectivity index (χ0) is 27.8. The van der Waals surface area contributed by atoms with Gasteiger partial charge in [0.1, 0.15) is 0 Å². The fourth-order valence-corrected chi connectivity index (χ4v) is 4.48. The second kappa shape index (κ2) is 13.0. The number of hydrogen-bond acceptors (Lipinski definition) is 8. The van der Waals surface area contributed by atoms with Crippen molar-refractivity contribution in [2.75, 3.05) is 39.3 Å². The van der Waals surface area contributed by atoms with E-state index in [9.17, 15) is 14.4 Å². The van der Waals surface area contributed by atoms with Gasteiger partial charge >= 0.3 is 12.0 Å². The van der Waals surface area contributed by atoms with Crippen LogP contribution < -0.4 is 30.4 Å². The summed E-state index contributed by atoms with van der Waals surface area (Å²) in [5, 5.41) is 9.30. The van der Waals surface area contributed by atoms with Crippen LogP contribution in [0.4, 0.5) is 10.5 Å². The maximum atomic E-state index is 12.5. The van der Waals surface area contributed by atoms with Crippen LogP contribution >= 0.6 is 15.9 Å². The number of benzene rings is 2. The monoisotopic (exact) mass is 587 g/mol. The number of esters is 1. The molecule has 0 spiro atoms. The number of carbonyl (C=O) groups excluding carboxylic acids is 3. The van der Waals surface area contributed by atoms with Crippen molar-refractivity contribution in [2.24, 2.45) is 5.10 Å². The third kappa shape index (κ3) is 7.03. The van der Waals surface area contributed by atoms with Crippen LogP contribution in [0.25, 0.3) is 0 Å². The Kier molecular flexibility index (Phi) is 9.72. The molecule has 3 rings (SSSR count). The summed E-state index contributed by atoms with van der Waals surface area (Å²) in [4.78, 5) is 38.9. The fourth-order valence-electron chi connectivity index (χ4n) is 3.73. The van der Waals surface area contributed by atoms with Gasteiger partial charge in [0.2, 0.25) is 0 Å². The quantitative estimate of drug-likeness (QED) is 0.221. The molecular weight excluding hydrogens is 558 g/mol. The number of ether oxygens (including phenoxy) is 3. The largest absolute Gasteiger partial charge is 0.493 e. The number of hydrazone groups is 1. The van der Waals surface area contributed by atoms with E-state index in [2.05, 4.69) is 37.1 Å². The zero-order valence-corrected chi connectivity index (χ0v) is 23.3. The molecule has 38 heavy (non-hydrogen) atoms. The van der Waals surface area contributed by atoms with Gasteiger partial charge in [0, 0.05) is 24.3 Å². The smallest absolute Gasteiger partial charge is 0.338 e. The maximum absolute atomic E-state index is 12.5. The molecule has 2 aromatic carbocycles. The van der Waals surface area contributed by atoms with Crippen LogP contribution in [0, 0.1) is 0 Å². The van der Waals surface area contributed by atoms with Gasteiger partial charge in [-0.05, 0) is 65.2 Å². The fraction of sp³-hybridized carbons (Fsp3) is 0.308. The number of rotatable bonds is 10. The predicted octanol–water partition coefficient (Wildman–Crippen LogP) is 3.24. The van der Waals surface area contributed by atoms with Gasteiger partial charge in [0.25, 0.3) is 5.91 Å². The van der Waals surface area contributed by atoms with Crippen LogP contribution in [-0.4, -0.2) is 58.5 Å². The Morgan fingerprint density at radius 1 is 1.18 bits per heavy atom. The normalized spacial score (nSPS) is 15.0. The van der Waals surface area contributed by atoms with Crippen LogP contribution in [0.15, 0.2) is 57.2 Å². The molecule has 0 fully saturated rings. The lowest BCUT2D eigenvalue weighted by Crippen LogP contribution is -2.45. The molecule has 12 heteroatoms. The van der Waals surface area contributed by atoms with Crippen molar-refractivity contribution in [3.63, 3.8) is 0 Å². The first-order valence-corrected chi connectivity index (χ1v) is 12.5. The summed E-state index contributed by atoms with van der Waals surface area (Å²) < 4.78 is 17.1. The van der Waals surface area contributed by atoms with E-state index in [0.717, 1.165) is 15.7 Å². The molecule has 1 heterocycles. The van der Waals surface area contributed by atoms with Crippen molar-refractivity contribution < 1.29 is 28.6 Å². The molecule has 1 aliphatic rings. The van der Waals surface area contributed by atoms with Crippen LogP contribution in [0.2, 0.25) is 0 Å². The van der Waals surface area contributed by atoms with E-state index >= 15 is 0 Å². The Labute approximate surface area is 229 Å². The molecule has 0 radical (unpaired) electrons. The second-order valence-electron chi connectivity index (χ2n) is 8.39. The summed E-state index contributed by atoms with van der Waals surface area (Å²) in [6.07, 6.45) is 1.53. The van der Waals surface area contributed by atoms with Crippen molar-refractivity contribution in [1.82, 2.24) is 16.1 Å². The van der Waals surface area contributed by atoms with Gasteiger partial charge < -0.3 is 29.7 Å². The van der Waals surface area contributed by atoms with Gasteiger partial charge in [0.05, 0.1) is 37.2 Å². The van der Waals surface area contributed by atoms with Gasteiger partial charge in [-0.1, -0.05) is 12.1 Å². The van der Waals surface area contributed by atoms with Gasteiger partial charge in [-0.15, -0.1) is 0 Å². The van der Waals surface area contributed by atoms with E-state index in [-0.39, 0.29) is 18.8 Å². The molecule has 0 bridgehead atoms. The Balaban J connectivity index is 1.66. The molecule has 2 aromatic rings. The number of methoxy groups -OCH3 is 1. The maximum Gasteiger partial charge on any atom is 0.338 e. The van der Waals surface area contributed by atoms with Gasteiger partial charge in [0.15, 0.2) is 18.1 Å². The predicted molar refractivity (Wildman–Crippen MR) is 146 cm³/mol. The standard InChI is InChI=1S/C26H30BrN5O6/c1-6-37-25(34)23-15(2)29-26(35)30-24(23)17-8-10-20(21(12-17)36-5)38-14-22(33)31-28-13-16-7-9-19(32(3)4)18(27)11-16/h7-13,24H,6,14H2,1-5H3,(H,31,33)(H2,29,30,35)/b28-13-/t24-/m1/s1. The highest BCUT2D eigenvalue weighted by Gasteiger charge is 2.32. The minimum atomic E-state index is -0.754. The molecule has 0 saturated heterocycles. The van der Waals surface area contributed by atoms with E-state index in [1.807, 2.05) is 37.2 Å². The summed E-state index contributed by atoms with van der Waals surface area (Å²) in [5.74, 6) is -0.388. The number of anilines is 1. The minimum Gasteiger partial charge on any atom is -0.493 e. The van der Waals surface area contributed by atoms with Crippen molar-refractivity contribution in [3.8, 4) is 11.5 Å². The average molecular weight is 588 g/mol. The molecule has 1 aliphatic heterocycles. The lowest BCUT2D eigenvalue weighted by atomic mass is 9.95. The molecular formula is C26H30BrN5O6. The Morgan fingerprint density at radius 3 is 2.61 bits per heavy atom. The van der Waals surface area contributed by atoms with E-state index in [1.165, 1.54) is 13.3 Å². The number of carbonyl (C=O) groups is 3. The third-order valence-electron chi connectivity index (χ3n) is 5.50. The molecule has 11 nitrogen and oxygen atoms in total. The molecule has 202 valence electrons. The molecule has 0 saturated carbocycles. The number of halogens is 1. The SMILES string of the molecule is CCOC(=O)C1=C(C)NC(=O)N[C@@H]1c1ccc(OCC(=O)N/N=C\c2ccc(N(C)C)c(Br)c2)c(OC)c1. The highest BCUT2D eigenvalue weighted by atomic mass is 79.9. The van der Waals surface area contributed by atoms with E-state index in [4.69, 9.17) is 14.2 Å². The zero-order valence-electron chi connectivity index (χ0n) is 21.8. The van der Waals surface area contributed by atoms with Crippen LogP contribution in [0.3, 0.4) is 0 Å². The van der Waals surface area contributed by atoms with Gasteiger partial charge in [-0.25, -0.2) is 15.0 Å². The number of amides is 3. The highest BCUT2D eigenvalue weighted by Crippen LogP contribution is 2.34. The summed E-state index contributed by atoms with van der Waals surface area (Å²) in [5.41, 5.74) is 5.50. The van der Waals surface area contributed by atoms with Crippen LogP contribution in [0.1, 0.15) is 31.0 Å². The number of allylic oxidation sites excluding steroid dienone is 1. The number of hydrogen-bond donors (Lipinski definition) is 3. The van der Waals surface area contributed by atoms with E-state index in [1.54, 1.807) is 32.0 Å². The topological polar surface area (TPSA) is 131 Å². The lowest BCUT2D eigenvalue weighted by molar-refractivity contribution is -0.139. The Hall–Kier alpha value is -4.06. The van der Waals surface area contributed by atoms with Crippen molar-refractivity contribution in [2.45, 2.75) is 19.9 Å². The first kappa shape index (κ1) is 28.5. The average Bonchev–Trinajstić information content (AvgIpc) is 2.86. The first-order valence-electron chi connectivity index (χ1n) is 11.7. The molecule has 3 amide bonds. The van der Waals surface area contributed by atoms with Crippen molar-refractivity contribution >= 4 is 45.7 Å². The molecule has 0 aliphatic carbocycles. The minimum absolute atomic E-state index is 0.193. The van der Waals surface area contributed by atoms with E-state index < -0.39 is 23.9 Å².